The maximum atomic E-state index is 13.1. The van der Waals surface area contributed by atoms with Gasteiger partial charge in [-0.15, -0.1) is 0 Å². The molecule has 0 bridgehead atoms. The molecule has 2 aromatic rings. The first-order chi connectivity index (χ1) is 14.6. The average molecular weight is 412 g/mol. The van der Waals surface area contributed by atoms with Crippen LogP contribution in [0.1, 0.15) is 53.9 Å². The molecular formula is C23H29N3O4. The van der Waals surface area contributed by atoms with E-state index in [1.54, 1.807) is 24.1 Å². The molecule has 30 heavy (non-hydrogen) atoms. The van der Waals surface area contributed by atoms with Crippen molar-refractivity contribution >= 4 is 11.8 Å². The van der Waals surface area contributed by atoms with Gasteiger partial charge in [0.15, 0.2) is 0 Å². The number of hydrogen-bond donors (Lipinski definition) is 0. The lowest BCUT2D eigenvalue weighted by Gasteiger charge is -2.34. The first-order valence-corrected chi connectivity index (χ1v) is 10.8. The molecule has 2 aliphatic rings. The van der Waals surface area contributed by atoms with Gasteiger partial charge in [-0.1, -0.05) is 25.3 Å². The molecule has 2 aromatic heterocycles. The number of furan rings is 1. The van der Waals surface area contributed by atoms with E-state index in [4.69, 9.17) is 9.15 Å². The van der Waals surface area contributed by atoms with Crippen molar-refractivity contribution in [2.24, 2.45) is 0 Å². The normalized spacial score (nSPS) is 21.0. The first kappa shape index (κ1) is 20.6. The molecule has 3 heterocycles. The molecule has 1 saturated heterocycles. The molecule has 4 rings (SSSR count). The minimum absolute atomic E-state index is 0.000309. The zero-order valence-electron chi connectivity index (χ0n) is 17.5. The van der Waals surface area contributed by atoms with Crippen LogP contribution in [0.3, 0.4) is 0 Å². The third-order valence-electron chi connectivity index (χ3n) is 6.06. The van der Waals surface area contributed by atoms with Gasteiger partial charge in [0.05, 0.1) is 30.2 Å². The van der Waals surface area contributed by atoms with Crippen molar-refractivity contribution in [3.63, 3.8) is 0 Å². The van der Waals surface area contributed by atoms with Crippen molar-refractivity contribution in [3.05, 3.63) is 53.7 Å². The number of hydrogen-bond acceptors (Lipinski definition) is 5. The maximum Gasteiger partial charge on any atom is 0.257 e. The molecule has 1 aliphatic heterocycles. The van der Waals surface area contributed by atoms with Gasteiger partial charge in [-0.2, -0.15) is 0 Å². The molecule has 1 saturated carbocycles. The standard InChI is InChI=1S/C23H29N3O4/c1-17-21(10-12-29-17)23(28)25-13-20(30-16-18-7-5-6-11-24-18)14-26(22(27)15-25)19-8-3-2-4-9-19/h5-7,10-12,19-20H,2-4,8-9,13-16H2,1H3. The van der Waals surface area contributed by atoms with Gasteiger partial charge in [-0.05, 0) is 38.0 Å². The smallest absolute Gasteiger partial charge is 0.257 e. The zero-order valence-corrected chi connectivity index (χ0v) is 17.5. The Balaban J connectivity index is 1.53. The van der Waals surface area contributed by atoms with Crippen LogP contribution in [0.5, 0.6) is 0 Å². The summed E-state index contributed by atoms with van der Waals surface area (Å²) in [5.41, 5.74) is 1.33. The highest BCUT2D eigenvalue weighted by Crippen LogP contribution is 2.25. The van der Waals surface area contributed by atoms with Gasteiger partial charge in [0.1, 0.15) is 12.3 Å². The molecule has 2 amide bonds. The van der Waals surface area contributed by atoms with Crippen molar-refractivity contribution in [2.45, 2.75) is 57.8 Å². The van der Waals surface area contributed by atoms with Gasteiger partial charge < -0.3 is 19.0 Å². The number of amides is 2. The van der Waals surface area contributed by atoms with Crippen LogP contribution in [0.2, 0.25) is 0 Å². The Kier molecular flexibility index (Phi) is 6.47. The number of nitrogens with zero attached hydrogens (tertiary/aromatic N) is 3. The summed E-state index contributed by atoms with van der Waals surface area (Å²) in [4.78, 5) is 34.1. The molecule has 1 unspecified atom stereocenters. The lowest BCUT2D eigenvalue weighted by atomic mass is 9.94. The monoisotopic (exact) mass is 411 g/mol. The molecular weight excluding hydrogens is 382 g/mol. The summed E-state index contributed by atoms with van der Waals surface area (Å²) in [6.07, 6.45) is 8.53. The third kappa shape index (κ3) is 4.73. The third-order valence-corrected chi connectivity index (χ3v) is 6.06. The Bertz CT molecular complexity index is 860. The van der Waals surface area contributed by atoms with Crippen LogP contribution in [-0.4, -0.2) is 58.4 Å². The van der Waals surface area contributed by atoms with E-state index in [1.807, 2.05) is 23.1 Å². The van der Waals surface area contributed by atoms with E-state index in [9.17, 15) is 9.59 Å². The molecule has 2 fully saturated rings. The largest absolute Gasteiger partial charge is 0.469 e. The molecule has 0 spiro atoms. The zero-order chi connectivity index (χ0) is 20.9. The molecule has 1 atom stereocenters. The highest BCUT2D eigenvalue weighted by atomic mass is 16.5. The summed E-state index contributed by atoms with van der Waals surface area (Å²) in [6, 6.07) is 7.60. The topological polar surface area (TPSA) is 75.9 Å². The van der Waals surface area contributed by atoms with Gasteiger partial charge in [0.2, 0.25) is 5.91 Å². The van der Waals surface area contributed by atoms with Crippen molar-refractivity contribution in [3.8, 4) is 0 Å². The fourth-order valence-corrected chi connectivity index (χ4v) is 4.41. The second-order valence-corrected chi connectivity index (χ2v) is 8.17. The van der Waals surface area contributed by atoms with Crippen molar-refractivity contribution in [1.82, 2.24) is 14.8 Å². The van der Waals surface area contributed by atoms with Crippen molar-refractivity contribution < 1.29 is 18.7 Å². The van der Waals surface area contributed by atoms with Gasteiger partial charge in [0, 0.05) is 25.3 Å². The lowest BCUT2D eigenvalue weighted by molar-refractivity contribution is -0.134. The molecule has 0 radical (unpaired) electrons. The minimum Gasteiger partial charge on any atom is -0.469 e. The Labute approximate surface area is 177 Å². The molecule has 7 nitrogen and oxygen atoms in total. The van der Waals surface area contributed by atoms with Gasteiger partial charge in [-0.3, -0.25) is 14.6 Å². The van der Waals surface area contributed by atoms with Gasteiger partial charge in [-0.25, -0.2) is 0 Å². The fourth-order valence-electron chi connectivity index (χ4n) is 4.41. The van der Waals surface area contributed by atoms with Crippen molar-refractivity contribution in [2.75, 3.05) is 19.6 Å². The van der Waals surface area contributed by atoms with Crippen molar-refractivity contribution in [1.29, 1.82) is 0 Å². The second-order valence-electron chi connectivity index (χ2n) is 8.17. The summed E-state index contributed by atoms with van der Waals surface area (Å²) in [7, 11) is 0. The van der Waals surface area contributed by atoms with E-state index in [2.05, 4.69) is 4.98 Å². The van der Waals surface area contributed by atoms with Crippen LogP contribution >= 0.6 is 0 Å². The predicted octanol–water partition coefficient (Wildman–Crippen LogP) is 3.19. The lowest BCUT2D eigenvalue weighted by Crippen LogP contribution is -2.46. The molecule has 0 N–H and O–H groups in total. The summed E-state index contributed by atoms with van der Waals surface area (Å²) in [6.45, 7) is 3.06. The molecule has 160 valence electrons. The van der Waals surface area contributed by atoms with E-state index < -0.39 is 0 Å². The Morgan fingerprint density at radius 3 is 2.73 bits per heavy atom. The van der Waals surface area contributed by atoms with Crippen LogP contribution in [-0.2, 0) is 16.1 Å². The number of carbonyl (C=O) groups excluding carboxylic acids is 2. The van der Waals surface area contributed by atoms with Crippen LogP contribution in [0.4, 0.5) is 0 Å². The summed E-state index contributed by atoms with van der Waals surface area (Å²) in [5.74, 6) is 0.374. The Hall–Kier alpha value is -2.67. The predicted molar refractivity (Wildman–Crippen MR) is 111 cm³/mol. The number of carbonyl (C=O) groups is 2. The van der Waals surface area contributed by atoms with E-state index >= 15 is 0 Å². The Morgan fingerprint density at radius 2 is 2.03 bits per heavy atom. The number of ether oxygens (including phenoxy) is 1. The molecule has 0 aromatic carbocycles. The highest BCUT2D eigenvalue weighted by Gasteiger charge is 2.35. The second kappa shape index (κ2) is 9.43. The quantitative estimate of drug-likeness (QED) is 0.755. The fraction of sp³-hybridized carbons (Fsp3) is 0.522. The SMILES string of the molecule is Cc1occc1C(=O)N1CC(=O)N(C2CCCCC2)CC(OCc2ccccn2)C1. The summed E-state index contributed by atoms with van der Waals surface area (Å²) < 4.78 is 11.5. The maximum absolute atomic E-state index is 13.1. The first-order valence-electron chi connectivity index (χ1n) is 10.8. The van der Waals surface area contributed by atoms with Crippen LogP contribution in [0.25, 0.3) is 0 Å². The number of aryl methyl sites for hydroxylation is 1. The van der Waals surface area contributed by atoms with Crippen LogP contribution in [0.15, 0.2) is 41.1 Å². The van der Waals surface area contributed by atoms with E-state index in [1.165, 1.54) is 12.7 Å². The van der Waals surface area contributed by atoms with Gasteiger partial charge >= 0.3 is 0 Å². The van der Waals surface area contributed by atoms with E-state index in [-0.39, 0.29) is 30.5 Å². The van der Waals surface area contributed by atoms with Gasteiger partial charge in [0.25, 0.3) is 5.91 Å². The summed E-state index contributed by atoms with van der Waals surface area (Å²) >= 11 is 0. The highest BCUT2D eigenvalue weighted by molar-refractivity contribution is 5.97. The average Bonchev–Trinajstić information content (AvgIpc) is 3.13. The van der Waals surface area contributed by atoms with Crippen LogP contribution in [0, 0.1) is 6.92 Å². The Morgan fingerprint density at radius 1 is 1.20 bits per heavy atom. The molecule has 7 heteroatoms. The molecule has 1 aliphatic carbocycles. The number of rotatable bonds is 5. The summed E-state index contributed by atoms with van der Waals surface area (Å²) in [5, 5.41) is 0. The number of pyridine rings is 1. The number of aromatic nitrogens is 1. The van der Waals surface area contributed by atoms with Crippen LogP contribution < -0.4 is 0 Å². The minimum atomic E-state index is -0.267. The van der Waals surface area contributed by atoms with E-state index in [0.717, 1.165) is 31.4 Å². The van der Waals surface area contributed by atoms with E-state index in [0.29, 0.717) is 31.0 Å².